The second-order valence-corrected chi connectivity index (χ2v) is 7.26. The van der Waals surface area contributed by atoms with Gasteiger partial charge in [0, 0.05) is 17.1 Å². The van der Waals surface area contributed by atoms with Crippen molar-refractivity contribution in [3.05, 3.63) is 48.3 Å². The van der Waals surface area contributed by atoms with Gasteiger partial charge in [-0.2, -0.15) is 0 Å². The van der Waals surface area contributed by atoms with Gasteiger partial charge in [-0.25, -0.2) is 0 Å². The lowest BCUT2D eigenvalue weighted by Gasteiger charge is -2.32. The number of nitrogens with zero attached hydrogens (tertiary/aromatic N) is 2. The number of ether oxygens (including phenoxy) is 1. The molecule has 0 amide bonds. The van der Waals surface area contributed by atoms with Crippen LogP contribution in [0.4, 0.5) is 5.69 Å². The van der Waals surface area contributed by atoms with Crippen molar-refractivity contribution in [1.82, 2.24) is 4.98 Å². The van der Waals surface area contributed by atoms with Crippen LogP contribution in [0.3, 0.4) is 0 Å². The van der Waals surface area contributed by atoms with Gasteiger partial charge in [0.1, 0.15) is 12.4 Å². The van der Waals surface area contributed by atoms with Crippen molar-refractivity contribution in [2.24, 2.45) is 0 Å². The lowest BCUT2D eigenvalue weighted by Crippen LogP contribution is -2.34. The average Bonchev–Trinajstić information content (AvgIpc) is 3.05. The van der Waals surface area contributed by atoms with Crippen LogP contribution < -0.4 is 9.64 Å². The maximum atomic E-state index is 5.90. The molecular weight excluding hydrogens is 304 g/mol. The van der Waals surface area contributed by atoms with E-state index < -0.39 is 0 Å². The van der Waals surface area contributed by atoms with Gasteiger partial charge >= 0.3 is 0 Å². The molecule has 0 saturated heterocycles. The second kappa shape index (κ2) is 6.83. The lowest BCUT2D eigenvalue weighted by atomic mass is 9.94. The molecule has 1 aromatic carbocycles. The zero-order valence-corrected chi connectivity index (χ0v) is 14.1. The van der Waals surface area contributed by atoms with E-state index in [0.717, 1.165) is 23.4 Å². The Morgan fingerprint density at radius 3 is 2.87 bits per heavy atom. The molecule has 2 aliphatic rings. The monoisotopic (exact) mass is 326 g/mol. The van der Waals surface area contributed by atoms with Crippen molar-refractivity contribution in [3.8, 4) is 5.75 Å². The van der Waals surface area contributed by atoms with E-state index in [1.165, 1.54) is 42.7 Å². The van der Waals surface area contributed by atoms with Gasteiger partial charge in [-0.3, -0.25) is 4.98 Å². The standard InChI is InChI=1S/C19H22N2OS/c1-2-7-16(8-3-1)21-14-23-19-12-17(9-10-18(19)21)22-13-15-6-4-5-11-20-15/h4-6,9-12,16H,1-3,7-8,13-14H2. The summed E-state index contributed by atoms with van der Waals surface area (Å²) in [6.07, 6.45) is 8.67. The zero-order valence-electron chi connectivity index (χ0n) is 13.3. The molecule has 0 N–H and O–H groups in total. The van der Waals surface area contributed by atoms with Crippen LogP contribution in [-0.2, 0) is 6.61 Å². The number of anilines is 1. The molecule has 120 valence electrons. The first kappa shape index (κ1) is 14.9. The Bertz CT molecular complexity index is 656. The number of pyridine rings is 1. The SMILES string of the molecule is c1ccc(COc2ccc3c(c2)SCN3C2CCCCC2)nc1. The zero-order chi connectivity index (χ0) is 15.5. The fraction of sp³-hybridized carbons (Fsp3) is 0.421. The molecule has 1 aliphatic carbocycles. The van der Waals surface area contributed by atoms with Gasteiger partial charge in [-0.15, -0.1) is 11.8 Å². The van der Waals surface area contributed by atoms with Crippen LogP contribution in [0.25, 0.3) is 0 Å². The third-order valence-corrected chi connectivity index (χ3v) is 5.77. The summed E-state index contributed by atoms with van der Waals surface area (Å²) in [6, 6.07) is 13.2. The number of hydrogen-bond acceptors (Lipinski definition) is 4. The van der Waals surface area contributed by atoms with Crippen LogP contribution in [-0.4, -0.2) is 16.9 Å². The van der Waals surface area contributed by atoms with Crippen molar-refractivity contribution in [2.75, 3.05) is 10.8 Å². The highest BCUT2D eigenvalue weighted by Gasteiger charge is 2.27. The van der Waals surface area contributed by atoms with Crippen LogP contribution >= 0.6 is 11.8 Å². The maximum absolute atomic E-state index is 5.90. The fourth-order valence-electron chi connectivity index (χ4n) is 3.48. The van der Waals surface area contributed by atoms with Crippen LogP contribution in [0.5, 0.6) is 5.75 Å². The largest absolute Gasteiger partial charge is 0.487 e. The molecule has 1 fully saturated rings. The molecule has 4 rings (SSSR count). The summed E-state index contributed by atoms with van der Waals surface area (Å²) in [6.45, 7) is 0.524. The Labute approximate surface area is 142 Å². The summed E-state index contributed by atoms with van der Waals surface area (Å²) in [5.74, 6) is 2.02. The summed E-state index contributed by atoms with van der Waals surface area (Å²) >= 11 is 1.94. The third kappa shape index (κ3) is 3.32. The van der Waals surface area contributed by atoms with Crippen LogP contribution in [0.1, 0.15) is 37.8 Å². The molecular formula is C19H22N2OS. The number of fused-ring (bicyclic) bond motifs is 1. The van der Waals surface area contributed by atoms with E-state index in [1.54, 1.807) is 6.20 Å². The summed E-state index contributed by atoms with van der Waals surface area (Å²) in [7, 11) is 0. The maximum Gasteiger partial charge on any atom is 0.130 e. The Kier molecular flexibility index (Phi) is 4.42. The summed E-state index contributed by atoms with van der Waals surface area (Å²) in [5.41, 5.74) is 2.36. The van der Waals surface area contributed by atoms with Gasteiger partial charge in [0.2, 0.25) is 0 Å². The summed E-state index contributed by atoms with van der Waals surface area (Å²) in [4.78, 5) is 8.26. The van der Waals surface area contributed by atoms with Crippen molar-refractivity contribution in [3.63, 3.8) is 0 Å². The molecule has 0 spiro atoms. The number of rotatable bonds is 4. The molecule has 0 unspecified atom stereocenters. The normalized spacial score (nSPS) is 18.0. The highest BCUT2D eigenvalue weighted by atomic mass is 32.2. The van der Waals surface area contributed by atoms with E-state index in [0.29, 0.717) is 6.61 Å². The smallest absolute Gasteiger partial charge is 0.130 e. The van der Waals surface area contributed by atoms with E-state index >= 15 is 0 Å². The van der Waals surface area contributed by atoms with Gasteiger partial charge in [0.25, 0.3) is 0 Å². The van der Waals surface area contributed by atoms with E-state index in [9.17, 15) is 0 Å². The minimum atomic E-state index is 0.524. The van der Waals surface area contributed by atoms with Crippen molar-refractivity contribution in [2.45, 2.75) is 49.6 Å². The molecule has 2 aromatic rings. The first-order valence-electron chi connectivity index (χ1n) is 8.46. The number of thioether (sulfide) groups is 1. The van der Waals surface area contributed by atoms with Gasteiger partial charge < -0.3 is 9.64 Å². The Morgan fingerprint density at radius 1 is 1.13 bits per heavy atom. The van der Waals surface area contributed by atoms with Crippen molar-refractivity contribution in [1.29, 1.82) is 0 Å². The quantitative estimate of drug-likeness (QED) is 0.801. The highest BCUT2D eigenvalue weighted by Crippen LogP contribution is 2.43. The topological polar surface area (TPSA) is 25.4 Å². The molecule has 3 nitrogen and oxygen atoms in total. The van der Waals surface area contributed by atoms with Crippen molar-refractivity contribution < 1.29 is 4.74 Å². The third-order valence-electron chi connectivity index (χ3n) is 4.73. The van der Waals surface area contributed by atoms with Crippen LogP contribution in [0.2, 0.25) is 0 Å². The molecule has 0 radical (unpaired) electrons. The first-order chi connectivity index (χ1) is 11.4. The summed E-state index contributed by atoms with van der Waals surface area (Å²) < 4.78 is 5.90. The highest BCUT2D eigenvalue weighted by molar-refractivity contribution is 7.99. The molecule has 2 heterocycles. The number of hydrogen-bond donors (Lipinski definition) is 0. The minimum Gasteiger partial charge on any atom is -0.487 e. The Morgan fingerprint density at radius 2 is 2.04 bits per heavy atom. The predicted molar refractivity (Wildman–Crippen MR) is 95.1 cm³/mol. The second-order valence-electron chi connectivity index (χ2n) is 6.27. The molecule has 4 heteroatoms. The number of aromatic nitrogens is 1. The molecule has 0 bridgehead atoms. The fourth-order valence-corrected chi connectivity index (χ4v) is 4.64. The van der Waals surface area contributed by atoms with Gasteiger partial charge in [0.05, 0.1) is 17.3 Å². The Hall–Kier alpha value is -1.68. The average molecular weight is 326 g/mol. The van der Waals surface area contributed by atoms with E-state index in [1.807, 2.05) is 30.0 Å². The molecule has 23 heavy (non-hydrogen) atoms. The minimum absolute atomic E-state index is 0.524. The molecule has 0 atom stereocenters. The predicted octanol–water partition coefficient (Wildman–Crippen LogP) is 4.86. The van der Waals surface area contributed by atoms with E-state index in [4.69, 9.17) is 4.74 Å². The van der Waals surface area contributed by atoms with Gasteiger partial charge in [-0.05, 0) is 43.2 Å². The first-order valence-corrected chi connectivity index (χ1v) is 9.45. The van der Waals surface area contributed by atoms with Gasteiger partial charge in [0.15, 0.2) is 0 Å². The summed E-state index contributed by atoms with van der Waals surface area (Å²) in [5, 5.41) is 0. The molecule has 1 aliphatic heterocycles. The Balaban J connectivity index is 1.44. The number of benzene rings is 1. The van der Waals surface area contributed by atoms with Gasteiger partial charge in [-0.1, -0.05) is 25.3 Å². The van der Waals surface area contributed by atoms with E-state index in [2.05, 4.69) is 28.1 Å². The van der Waals surface area contributed by atoms with Crippen LogP contribution in [0, 0.1) is 0 Å². The van der Waals surface area contributed by atoms with Crippen molar-refractivity contribution >= 4 is 17.4 Å². The molecule has 1 aromatic heterocycles. The lowest BCUT2D eigenvalue weighted by molar-refractivity contribution is 0.300. The van der Waals surface area contributed by atoms with Crippen LogP contribution in [0.15, 0.2) is 47.5 Å². The van der Waals surface area contributed by atoms with E-state index in [-0.39, 0.29) is 0 Å². The molecule has 1 saturated carbocycles.